The third-order valence-corrected chi connectivity index (χ3v) is 5.34. The summed E-state index contributed by atoms with van der Waals surface area (Å²) in [6.07, 6.45) is 2.56. The lowest BCUT2D eigenvalue weighted by atomic mass is 9.90. The summed E-state index contributed by atoms with van der Waals surface area (Å²) in [6.45, 7) is 8.16. The largest absolute Gasteiger partial charge is 0.359 e. The highest BCUT2D eigenvalue weighted by Crippen LogP contribution is 2.31. The summed E-state index contributed by atoms with van der Waals surface area (Å²) in [6, 6.07) is 9.96. The minimum atomic E-state index is 0. The van der Waals surface area contributed by atoms with Crippen molar-refractivity contribution in [2.24, 2.45) is 4.99 Å². The van der Waals surface area contributed by atoms with E-state index in [4.69, 9.17) is 4.52 Å². The third kappa shape index (κ3) is 6.20. The maximum Gasteiger partial charge on any atom is 0.225 e. The lowest BCUT2D eigenvalue weighted by Gasteiger charge is -2.26. The molecule has 1 aromatic heterocycles. The number of guanidine groups is 1. The lowest BCUT2D eigenvalue weighted by Crippen LogP contribution is -2.40. The molecule has 0 saturated carbocycles. The van der Waals surface area contributed by atoms with Crippen molar-refractivity contribution in [1.82, 2.24) is 15.8 Å². The average molecular weight is 525 g/mol. The molecule has 0 radical (unpaired) electrons. The molecule has 2 aromatic rings. The molecule has 8 heteroatoms. The maximum absolute atomic E-state index is 12.0. The van der Waals surface area contributed by atoms with Gasteiger partial charge in [-0.05, 0) is 31.4 Å². The summed E-state index contributed by atoms with van der Waals surface area (Å²) < 4.78 is 5.47. The first-order valence-corrected chi connectivity index (χ1v) is 10.5. The van der Waals surface area contributed by atoms with E-state index < -0.39 is 0 Å². The molecule has 1 unspecified atom stereocenters. The fourth-order valence-corrected chi connectivity index (χ4v) is 3.71. The summed E-state index contributed by atoms with van der Waals surface area (Å²) >= 11 is 0. The Bertz CT molecular complexity index is 848. The number of hydrogen-bond acceptors (Lipinski definition) is 4. The summed E-state index contributed by atoms with van der Waals surface area (Å²) in [4.78, 5) is 16.6. The lowest BCUT2D eigenvalue weighted by molar-refractivity contribution is -0.116. The van der Waals surface area contributed by atoms with Crippen LogP contribution in [0.5, 0.6) is 0 Å². The number of benzene rings is 1. The smallest absolute Gasteiger partial charge is 0.225 e. The van der Waals surface area contributed by atoms with Gasteiger partial charge in [-0.15, -0.1) is 24.0 Å². The zero-order valence-corrected chi connectivity index (χ0v) is 20.2. The van der Waals surface area contributed by atoms with Crippen LogP contribution in [0, 0.1) is 0 Å². The molecule has 0 aliphatic carbocycles. The van der Waals surface area contributed by atoms with Crippen molar-refractivity contribution < 1.29 is 9.32 Å². The molecule has 1 atom stereocenters. The van der Waals surface area contributed by atoms with E-state index in [-0.39, 0.29) is 35.8 Å². The van der Waals surface area contributed by atoms with E-state index in [9.17, 15) is 4.79 Å². The molecular weight excluding hydrogens is 493 g/mol. The second kappa shape index (κ2) is 11.9. The predicted molar refractivity (Wildman–Crippen MR) is 130 cm³/mol. The van der Waals surface area contributed by atoms with Crippen molar-refractivity contribution in [3.8, 4) is 0 Å². The van der Waals surface area contributed by atoms with E-state index >= 15 is 0 Å². The third-order valence-electron chi connectivity index (χ3n) is 5.34. The molecule has 30 heavy (non-hydrogen) atoms. The normalized spacial score (nSPS) is 15.9. The van der Waals surface area contributed by atoms with Crippen LogP contribution in [0.2, 0.25) is 0 Å². The van der Waals surface area contributed by atoms with E-state index in [2.05, 4.69) is 46.0 Å². The number of carbonyl (C=O) groups is 1. The molecule has 1 aromatic carbocycles. The summed E-state index contributed by atoms with van der Waals surface area (Å²) in [5, 5.41) is 13.8. The van der Waals surface area contributed by atoms with E-state index in [1.807, 2.05) is 31.2 Å². The van der Waals surface area contributed by atoms with Crippen LogP contribution in [-0.4, -0.2) is 30.1 Å². The number of anilines is 1. The molecule has 3 N–H and O–H groups in total. The topological polar surface area (TPSA) is 91.6 Å². The van der Waals surface area contributed by atoms with Gasteiger partial charge in [0.15, 0.2) is 11.7 Å². The van der Waals surface area contributed by atoms with Gasteiger partial charge in [-0.3, -0.25) is 4.79 Å². The minimum Gasteiger partial charge on any atom is -0.359 e. The first kappa shape index (κ1) is 24.2. The first-order valence-electron chi connectivity index (χ1n) is 10.5. The Hall–Kier alpha value is -2.10. The van der Waals surface area contributed by atoms with Crippen LogP contribution >= 0.6 is 24.0 Å². The number of aromatic nitrogens is 1. The van der Waals surface area contributed by atoms with Crippen molar-refractivity contribution in [2.75, 3.05) is 18.4 Å². The Labute approximate surface area is 195 Å². The molecule has 1 aliphatic heterocycles. The van der Waals surface area contributed by atoms with Crippen LogP contribution in [0.4, 0.5) is 5.69 Å². The number of fused-ring (bicyclic) bond motifs is 1. The van der Waals surface area contributed by atoms with E-state index in [0.717, 1.165) is 42.1 Å². The monoisotopic (exact) mass is 525 g/mol. The Kier molecular flexibility index (Phi) is 9.61. The molecule has 0 saturated heterocycles. The maximum atomic E-state index is 12.0. The number of rotatable bonds is 8. The molecule has 1 amide bonds. The van der Waals surface area contributed by atoms with Crippen molar-refractivity contribution >= 4 is 41.5 Å². The molecule has 0 fully saturated rings. The van der Waals surface area contributed by atoms with Crippen molar-refractivity contribution in [3.05, 3.63) is 47.3 Å². The Morgan fingerprint density at radius 3 is 2.77 bits per heavy atom. The number of nitrogens with zero attached hydrogens (tertiary/aromatic N) is 2. The van der Waals surface area contributed by atoms with Crippen molar-refractivity contribution in [3.63, 3.8) is 0 Å². The molecule has 0 spiro atoms. The molecule has 1 aliphatic rings. The van der Waals surface area contributed by atoms with Gasteiger partial charge in [-0.2, -0.15) is 0 Å². The van der Waals surface area contributed by atoms with Gasteiger partial charge in [0.05, 0.1) is 5.69 Å². The van der Waals surface area contributed by atoms with E-state index in [1.54, 1.807) is 0 Å². The summed E-state index contributed by atoms with van der Waals surface area (Å²) in [5.74, 6) is 2.05. The zero-order chi connectivity index (χ0) is 20.6. The van der Waals surface area contributed by atoms with Gasteiger partial charge in [0.25, 0.3) is 0 Å². The van der Waals surface area contributed by atoms with Gasteiger partial charge >= 0.3 is 0 Å². The highest BCUT2D eigenvalue weighted by Gasteiger charge is 2.24. The van der Waals surface area contributed by atoms with Gasteiger partial charge in [0.1, 0.15) is 6.54 Å². The number of halogens is 1. The average Bonchev–Trinajstić information content (AvgIpc) is 3.19. The van der Waals surface area contributed by atoms with Crippen LogP contribution in [0.25, 0.3) is 0 Å². The van der Waals surface area contributed by atoms with Crippen LogP contribution in [0.15, 0.2) is 39.8 Å². The van der Waals surface area contributed by atoms with Crippen LogP contribution in [0.3, 0.4) is 0 Å². The van der Waals surface area contributed by atoms with Crippen LogP contribution in [-0.2, 0) is 11.3 Å². The SMILES string of the molecule is CCNC(=NCc1cc(C(CC)CC)no1)NCC1CC(=O)Nc2ccccc21.I. The number of nitrogens with one attached hydrogen (secondary N) is 3. The molecule has 3 rings (SSSR count). The summed E-state index contributed by atoms with van der Waals surface area (Å²) in [5.41, 5.74) is 3.05. The van der Waals surface area contributed by atoms with Crippen molar-refractivity contribution in [2.45, 2.75) is 58.4 Å². The van der Waals surface area contributed by atoms with Gasteiger partial charge in [-0.25, -0.2) is 4.99 Å². The fraction of sp³-hybridized carbons (Fsp3) is 0.500. The standard InChI is InChI=1S/C22H31N5O2.HI/c1-4-15(5-2)20-12-17(29-27-20)14-25-22(23-6-3)24-13-16-11-21(28)26-19-10-8-7-9-18(16)19;/h7-10,12,15-16H,4-6,11,13-14H2,1-3H3,(H,26,28)(H2,23,24,25);1H. The van der Waals surface area contributed by atoms with Crippen molar-refractivity contribution in [1.29, 1.82) is 0 Å². The second-order valence-corrected chi connectivity index (χ2v) is 7.34. The first-order chi connectivity index (χ1) is 14.1. The number of para-hydroxylation sites is 1. The Balaban J connectivity index is 0.00000320. The molecular formula is C22H32IN5O2. The minimum absolute atomic E-state index is 0. The number of amides is 1. The van der Waals surface area contributed by atoms with E-state index in [0.29, 0.717) is 31.4 Å². The van der Waals surface area contributed by atoms with Gasteiger partial charge in [0.2, 0.25) is 5.91 Å². The Morgan fingerprint density at radius 1 is 1.27 bits per heavy atom. The fourth-order valence-electron chi connectivity index (χ4n) is 3.71. The quantitative estimate of drug-likeness (QED) is 0.271. The van der Waals surface area contributed by atoms with Gasteiger partial charge < -0.3 is 20.5 Å². The van der Waals surface area contributed by atoms with Crippen LogP contribution in [0.1, 0.15) is 68.9 Å². The molecule has 2 heterocycles. The zero-order valence-electron chi connectivity index (χ0n) is 17.9. The second-order valence-electron chi connectivity index (χ2n) is 7.34. The van der Waals surface area contributed by atoms with Gasteiger partial charge in [0, 0.05) is 43.1 Å². The van der Waals surface area contributed by atoms with Gasteiger partial charge in [-0.1, -0.05) is 37.2 Å². The Morgan fingerprint density at radius 2 is 2.03 bits per heavy atom. The molecule has 7 nitrogen and oxygen atoms in total. The highest BCUT2D eigenvalue weighted by atomic mass is 127. The number of hydrogen-bond donors (Lipinski definition) is 3. The van der Waals surface area contributed by atoms with E-state index in [1.165, 1.54) is 0 Å². The number of aliphatic imine (C=N–C) groups is 1. The predicted octanol–water partition coefficient (Wildman–Crippen LogP) is 4.38. The van der Waals surface area contributed by atoms with Crippen LogP contribution < -0.4 is 16.0 Å². The summed E-state index contributed by atoms with van der Waals surface area (Å²) in [7, 11) is 0. The number of carbonyl (C=O) groups excluding carboxylic acids is 1. The highest BCUT2D eigenvalue weighted by molar-refractivity contribution is 14.0. The molecule has 0 bridgehead atoms. The molecule has 164 valence electrons.